The van der Waals surface area contributed by atoms with Gasteiger partial charge in [0.15, 0.2) is 0 Å². The first-order valence-electron chi connectivity index (χ1n) is 3.70. The van der Waals surface area contributed by atoms with E-state index in [1.807, 2.05) is 13.0 Å². The third-order valence-electron chi connectivity index (χ3n) is 1.83. The average molecular weight is 136 g/mol. The van der Waals surface area contributed by atoms with Gasteiger partial charge in [-0.15, -0.1) is 0 Å². The normalized spacial score (nSPS) is 19.2. The van der Waals surface area contributed by atoms with E-state index in [0.29, 0.717) is 0 Å². The maximum atomic E-state index is 8.63. The average Bonchev–Trinajstić information content (AvgIpc) is 2.43. The summed E-state index contributed by atoms with van der Waals surface area (Å²) in [6, 6.07) is 2.18. The largest absolute Gasteiger partial charge is 0.363 e. The third kappa shape index (κ3) is 1.30. The summed E-state index contributed by atoms with van der Waals surface area (Å²) in [6.07, 6.45) is 4.35. The molecule has 2 heteroatoms. The van der Waals surface area contributed by atoms with E-state index in [9.17, 15) is 0 Å². The van der Waals surface area contributed by atoms with Crippen molar-refractivity contribution in [1.82, 2.24) is 4.90 Å². The quantitative estimate of drug-likeness (QED) is 0.511. The van der Waals surface area contributed by atoms with Gasteiger partial charge in [-0.05, 0) is 19.8 Å². The topological polar surface area (TPSA) is 27.0 Å². The van der Waals surface area contributed by atoms with E-state index in [-0.39, 0.29) is 0 Å². The molecule has 1 heterocycles. The maximum Gasteiger partial charge on any atom is 0.117 e. The van der Waals surface area contributed by atoms with Crippen molar-refractivity contribution in [3.05, 3.63) is 11.8 Å². The lowest BCUT2D eigenvalue weighted by molar-refractivity contribution is 0.442. The van der Waals surface area contributed by atoms with E-state index in [0.717, 1.165) is 18.8 Å². The molecule has 2 nitrogen and oxygen atoms in total. The molecule has 0 bridgehead atoms. The molecule has 1 fully saturated rings. The van der Waals surface area contributed by atoms with Crippen molar-refractivity contribution in [2.45, 2.75) is 19.8 Å². The second kappa shape index (κ2) is 3.26. The van der Waals surface area contributed by atoms with Crippen LogP contribution in [0.2, 0.25) is 0 Å². The van der Waals surface area contributed by atoms with E-state index in [1.165, 1.54) is 12.8 Å². The predicted molar refractivity (Wildman–Crippen MR) is 40.2 cm³/mol. The van der Waals surface area contributed by atoms with Crippen LogP contribution in [-0.2, 0) is 0 Å². The number of hydrogen-bond acceptors (Lipinski definition) is 2. The molecule has 0 amide bonds. The van der Waals surface area contributed by atoms with Gasteiger partial charge in [-0.25, -0.2) is 0 Å². The molecule has 0 radical (unpaired) electrons. The molecule has 0 atom stereocenters. The van der Waals surface area contributed by atoms with Crippen molar-refractivity contribution in [3.63, 3.8) is 0 Å². The van der Waals surface area contributed by atoms with Crippen molar-refractivity contribution in [1.29, 1.82) is 5.26 Å². The molecule has 0 spiro atoms. The number of allylic oxidation sites excluding steroid dienone is 2. The number of likely N-dealkylation sites (tertiary alicyclic amines) is 1. The van der Waals surface area contributed by atoms with Gasteiger partial charge in [0.05, 0.1) is 0 Å². The summed E-state index contributed by atoms with van der Waals surface area (Å²) in [5.74, 6) is 0. The molecule has 1 rings (SSSR count). The summed E-state index contributed by atoms with van der Waals surface area (Å²) in [4.78, 5) is 2.14. The Kier molecular flexibility index (Phi) is 2.33. The Morgan fingerprint density at radius 3 is 2.50 bits per heavy atom. The van der Waals surface area contributed by atoms with Crippen molar-refractivity contribution in [3.8, 4) is 6.07 Å². The maximum absolute atomic E-state index is 8.63. The zero-order valence-electron chi connectivity index (χ0n) is 6.30. The number of nitriles is 1. The van der Waals surface area contributed by atoms with Gasteiger partial charge in [-0.2, -0.15) is 5.26 Å². The van der Waals surface area contributed by atoms with Crippen LogP contribution in [-0.4, -0.2) is 18.0 Å². The number of nitrogens with zero attached hydrogens (tertiary/aromatic N) is 2. The highest BCUT2D eigenvalue weighted by Crippen LogP contribution is 2.13. The van der Waals surface area contributed by atoms with Gasteiger partial charge >= 0.3 is 0 Å². The molecular formula is C8H12N2. The molecule has 0 unspecified atom stereocenters. The van der Waals surface area contributed by atoms with Crippen LogP contribution in [0.3, 0.4) is 0 Å². The van der Waals surface area contributed by atoms with Crippen LogP contribution in [0.25, 0.3) is 0 Å². The van der Waals surface area contributed by atoms with E-state index < -0.39 is 0 Å². The molecule has 0 aromatic carbocycles. The van der Waals surface area contributed by atoms with Crippen molar-refractivity contribution < 1.29 is 0 Å². The van der Waals surface area contributed by atoms with Crippen LogP contribution in [0.1, 0.15) is 19.8 Å². The van der Waals surface area contributed by atoms with Crippen molar-refractivity contribution in [2.75, 3.05) is 13.1 Å². The van der Waals surface area contributed by atoms with Crippen molar-refractivity contribution >= 4 is 0 Å². The smallest absolute Gasteiger partial charge is 0.117 e. The minimum absolute atomic E-state index is 0.831. The highest BCUT2D eigenvalue weighted by Gasteiger charge is 2.12. The van der Waals surface area contributed by atoms with E-state index in [2.05, 4.69) is 11.0 Å². The van der Waals surface area contributed by atoms with Crippen LogP contribution in [0.4, 0.5) is 0 Å². The first-order chi connectivity index (χ1) is 4.88. The molecule has 1 saturated heterocycles. The Morgan fingerprint density at radius 2 is 2.10 bits per heavy atom. The van der Waals surface area contributed by atoms with Gasteiger partial charge in [0, 0.05) is 13.1 Å². The second-order valence-corrected chi connectivity index (χ2v) is 2.48. The zero-order chi connectivity index (χ0) is 7.40. The van der Waals surface area contributed by atoms with E-state index in [1.54, 1.807) is 0 Å². The summed E-state index contributed by atoms with van der Waals surface area (Å²) < 4.78 is 0. The van der Waals surface area contributed by atoms with Gasteiger partial charge in [-0.3, -0.25) is 0 Å². The van der Waals surface area contributed by atoms with E-state index >= 15 is 0 Å². The minimum atomic E-state index is 0.831. The second-order valence-electron chi connectivity index (χ2n) is 2.48. The molecular weight excluding hydrogens is 124 g/mol. The lowest BCUT2D eigenvalue weighted by atomic mass is 10.4. The molecule has 10 heavy (non-hydrogen) atoms. The van der Waals surface area contributed by atoms with Crippen molar-refractivity contribution in [2.24, 2.45) is 0 Å². The first kappa shape index (κ1) is 7.14. The van der Waals surface area contributed by atoms with E-state index in [4.69, 9.17) is 5.26 Å². The Morgan fingerprint density at radius 1 is 1.50 bits per heavy atom. The molecule has 0 aliphatic carbocycles. The highest BCUT2D eigenvalue weighted by molar-refractivity contribution is 5.18. The minimum Gasteiger partial charge on any atom is -0.363 e. The van der Waals surface area contributed by atoms with Crippen LogP contribution in [0, 0.1) is 11.3 Å². The Balaban J connectivity index is 2.55. The van der Waals surface area contributed by atoms with Crippen LogP contribution in [0.5, 0.6) is 0 Å². The summed E-state index contributed by atoms with van der Waals surface area (Å²) in [5, 5.41) is 8.63. The van der Waals surface area contributed by atoms with Gasteiger partial charge in [-0.1, -0.05) is 6.08 Å². The molecule has 1 aliphatic rings. The molecule has 0 aromatic rings. The Bertz CT molecular complexity index is 170. The molecule has 1 aliphatic heterocycles. The summed E-state index contributed by atoms with van der Waals surface area (Å²) in [6.45, 7) is 4.04. The first-order valence-corrected chi connectivity index (χ1v) is 3.70. The van der Waals surface area contributed by atoms with Crippen LogP contribution >= 0.6 is 0 Å². The highest BCUT2D eigenvalue weighted by atomic mass is 15.1. The SMILES string of the molecule is CC=C(C#N)N1CCCC1. The summed E-state index contributed by atoms with van der Waals surface area (Å²) in [7, 11) is 0. The van der Waals surface area contributed by atoms with Gasteiger partial charge in [0.2, 0.25) is 0 Å². The molecule has 54 valence electrons. The fourth-order valence-corrected chi connectivity index (χ4v) is 1.28. The number of hydrogen-bond donors (Lipinski definition) is 0. The van der Waals surface area contributed by atoms with Crippen LogP contribution in [0.15, 0.2) is 11.8 Å². The predicted octanol–water partition coefficient (Wildman–Crippen LogP) is 1.51. The van der Waals surface area contributed by atoms with Crippen LogP contribution < -0.4 is 0 Å². The Labute approximate surface area is 61.8 Å². The van der Waals surface area contributed by atoms with Gasteiger partial charge in [0.25, 0.3) is 0 Å². The van der Waals surface area contributed by atoms with Gasteiger partial charge in [0.1, 0.15) is 11.8 Å². The molecule has 0 aromatic heterocycles. The van der Waals surface area contributed by atoms with Gasteiger partial charge < -0.3 is 4.90 Å². The summed E-state index contributed by atoms with van der Waals surface area (Å²) in [5.41, 5.74) is 0.831. The fraction of sp³-hybridized carbons (Fsp3) is 0.625. The molecule has 0 saturated carbocycles. The number of rotatable bonds is 1. The Hall–Kier alpha value is -0.970. The monoisotopic (exact) mass is 136 g/mol. The fourth-order valence-electron chi connectivity index (χ4n) is 1.28. The lowest BCUT2D eigenvalue weighted by Crippen LogP contribution is -2.16. The molecule has 0 N–H and O–H groups in total. The lowest BCUT2D eigenvalue weighted by Gasteiger charge is -2.14. The summed E-state index contributed by atoms with van der Waals surface area (Å²) >= 11 is 0. The standard InChI is InChI=1S/C8H12N2/c1-2-8(7-9)10-5-3-4-6-10/h2H,3-6H2,1H3. The zero-order valence-corrected chi connectivity index (χ0v) is 6.30. The third-order valence-corrected chi connectivity index (χ3v) is 1.83.